The fraction of sp³-hybridized carbons (Fsp3) is 0.600. The molecule has 1 aliphatic heterocycles. The number of nitrogens with one attached hydrogen (secondary N) is 1. The molecule has 1 fully saturated rings. The quantitative estimate of drug-likeness (QED) is 0.847. The van der Waals surface area contributed by atoms with Gasteiger partial charge in [-0.1, -0.05) is 6.07 Å². The lowest BCUT2D eigenvalue weighted by Crippen LogP contribution is -2.14. The monoisotopic (exact) mass is 233 g/mol. The number of rotatable bonds is 2. The van der Waals surface area contributed by atoms with Gasteiger partial charge < -0.3 is 10.1 Å². The normalized spacial score (nSPS) is 21.0. The average molecular weight is 233 g/mol. The first-order valence-corrected chi connectivity index (χ1v) is 6.58. The molecule has 1 unspecified atom stereocenters. The Morgan fingerprint density at radius 1 is 1.12 bits per heavy atom. The molecule has 0 aromatic heterocycles. The molecule has 2 nitrogen and oxygen atoms in total. The number of aryl methyl sites for hydroxylation is 2. The van der Waals surface area contributed by atoms with Crippen molar-refractivity contribution in [2.75, 3.05) is 20.2 Å². The summed E-state index contributed by atoms with van der Waals surface area (Å²) >= 11 is 0. The van der Waals surface area contributed by atoms with Gasteiger partial charge in [0.1, 0.15) is 5.75 Å². The highest BCUT2D eigenvalue weighted by atomic mass is 16.5. The van der Waals surface area contributed by atoms with E-state index in [1.54, 1.807) is 7.11 Å². The van der Waals surface area contributed by atoms with E-state index in [1.165, 1.54) is 42.5 Å². The van der Waals surface area contributed by atoms with E-state index in [4.69, 9.17) is 4.74 Å². The largest absolute Gasteiger partial charge is 0.496 e. The van der Waals surface area contributed by atoms with Crippen LogP contribution in [-0.2, 0) is 0 Å². The average Bonchev–Trinajstić information content (AvgIpc) is 2.60. The first-order chi connectivity index (χ1) is 8.22. The van der Waals surface area contributed by atoms with Crippen LogP contribution in [0.4, 0.5) is 0 Å². The Bertz CT molecular complexity index is 379. The molecule has 1 aromatic rings. The van der Waals surface area contributed by atoms with E-state index in [0.29, 0.717) is 0 Å². The van der Waals surface area contributed by atoms with Crippen molar-refractivity contribution in [1.29, 1.82) is 0 Å². The fourth-order valence-electron chi connectivity index (χ4n) is 2.80. The molecule has 1 N–H and O–H groups in total. The third kappa shape index (κ3) is 2.81. The van der Waals surface area contributed by atoms with Crippen molar-refractivity contribution in [3.05, 3.63) is 28.8 Å². The summed E-state index contributed by atoms with van der Waals surface area (Å²) in [5, 5.41) is 3.48. The summed E-state index contributed by atoms with van der Waals surface area (Å²) < 4.78 is 5.38. The lowest BCUT2D eigenvalue weighted by Gasteiger charge is -2.19. The summed E-state index contributed by atoms with van der Waals surface area (Å²) in [6.07, 6.45) is 3.85. The zero-order valence-electron chi connectivity index (χ0n) is 11.2. The second-order valence-electron chi connectivity index (χ2n) is 5.06. The summed E-state index contributed by atoms with van der Waals surface area (Å²) in [5.41, 5.74) is 4.15. The van der Waals surface area contributed by atoms with Crippen LogP contribution < -0.4 is 10.1 Å². The van der Waals surface area contributed by atoms with E-state index in [1.807, 2.05) is 0 Å². The number of ether oxygens (including phenoxy) is 1. The molecule has 1 saturated heterocycles. The molecule has 94 valence electrons. The fourth-order valence-corrected chi connectivity index (χ4v) is 2.80. The van der Waals surface area contributed by atoms with Crippen LogP contribution in [0.2, 0.25) is 0 Å². The number of hydrogen-bond donors (Lipinski definition) is 1. The minimum Gasteiger partial charge on any atom is -0.496 e. The highest BCUT2D eigenvalue weighted by Crippen LogP contribution is 2.32. The van der Waals surface area contributed by atoms with Crippen molar-refractivity contribution in [3.63, 3.8) is 0 Å². The van der Waals surface area contributed by atoms with Gasteiger partial charge in [0.2, 0.25) is 0 Å². The van der Waals surface area contributed by atoms with Crippen molar-refractivity contribution in [3.8, 4) is 5.75 Å². The highest BCUT2D eigenvalue weighted by molar-refractivity contribution is 5.43. The lowest BCUT2D eigenvalue weighted by molar-refractivity contribution is 0.411. The van der Waals surface area contributed by atoms with Gasteiger partial charge in [-0.3, -0.25) is 0 Å². The van der Waals surface area contributed by atoms with Gasteiger partial charge in [0, 0.05) is 0 Å². The van der Waals surface area contributed by atoms with Crippen molar-refractivity contribution in [1.82, 2.24) is 5.32 Å². The number of benzene rings is 1. The molecule has 0 saturated carbocycles. The van der Waals surface area contributed by atoms with Gasteiger partial charge in [-0.05, 0) is 74.9 Å². The molecule has 2 heteroatoms. The predicted molar refractivity (Wildman–Crippen MR) is 71.9 cm³/mol. The SMILES string of the molecule is COc1cc(C)c(C2CCCNCC2)cc1C. The topological polar surface area (TPSA) is 21.3 Å². The Hall–Kier alpha value is -1.02. The molecule has 1 aromatic carbocycles. The van der Waals surface area contributed by atoms with E-state index in [2.05, 4.69) is 31.3 Å². The lowest BCUT2D eigenvalue weighted by atomic mass is 9.88. The summed E-state index contributed by atoms with van der Waals surface area (Å²) in [5.74, 6) is 1.73. The second kappa shape index (κ2) is 5.54. The molecule has 0 radical (unpaired) electrons. The standard InChI is InChI=1S/C15H23NO/c1-11-10-15(17-3)12(2)9-14(11)13-5-4-7-16-8-6-13/h9-10,13,16H,4-8H2,1-3H3. The minimum absolute atomic E-state index is 0.717. The van der Waals surface area contributed by atoms with Crippen LogP contribution in [0.1, 0.15) is 41.9 Å². The van der Waals surface area contributed by atoms with E-state index >= 15 is 0 Å². The predicted octanol–water partition coefficient (Wildman–Crippen LogP) is 3.17. The Morgan fingerprint density at radius 3 is 2.71 bits per heavy atom. The Labute approximate surface area is 104 Å². The minimum atomic E-state index is 0.717. The molecular weight excluding hydrogens is 210 g/mol. The molecule has 17 heavy (non-hydrogen) atoms. The molecule has 2 rings (SSSR count). The first-order valence-electron chi connectivity index (χ1n) is 6.58. The van der Waals surface area contributed by atoms with Crippen molar-refractivity contribution in [2.24, 2.45) is 0 Å². The van der Waals surface area contributed by atoms with Gasteiger partial charge in [-0.25, -0.2) is 0 Å². The van der Waals surface area contributed by atoms with Gasteiger partial charge >= 0.3 is 0 Å². The Morgan fingerprint density at radius 2 is 1.94 bits per heavy atom. The molecule has 1 heterocycles. The molecular formula is C15H23NO. The zero-order valence-corrected chi connectivity index (χ0v) is 11.2. The molecule has 0 amide bonds. The third-order valence-electron chi connectivity index (χ3n) is 3.80. The maximum atomic E-state index is 5.38. The smallest absolute Gasteiger partial charge is 0.122 e. The molecule has 0 spiro atoms. The number of hydrogen-bond acceptors (Lipinski definition) is 2. The van der Waals surface area contributed by atoms with Crippen LogP contribution >= 0.6 is 0 Å². The molecule has 1 aliphatic rings. The van der Waals surface area contributed by atoms with Gasteiger partial charge in [0.25, 0.3) is 0 Å². The summed E-state index contributed by atoms with van der Waals surface area (Å²) in [7, 11) is 1.75. The van der Waals surface area contributed by atoms with Gasteiger partial charge in [-0.2, -0.15) is 0 Å². The van der Waals surface area contributed by atoms with Crippen LogP contribution in [0.3, 0.4) is 0 Å². The van der Waals surface area contributed by atoms with Crippen LogP contribution in [-0.4, -0.2) is 20.2 Å². The Kier molecular flexibility index (Phi) is 4.06. The van der Waals surface area contributed by atoms with Crippen LogP contribution in [0, 0.1) is 13.8 Å². The van der Waals surface area contributed by atoms with Gasteiger partial charge in [-0.15, -0.1) is 0 Å². The maximum Gasteiger partial charge on any atom is 0.122 e. The van der Waals surface area contributed by atoms with Crippen LogP contribution in [0.5, 0.6) is 5.75 Å². The molecule has 0 bridgehead atoms. The highest BCUT2D eigenvalue weighted by Gasteiger charge is 2.17. The molecule has 0 aliphatic carbocycles. The first kappa shape index (κ1) is 12.4. The third-order valence-corrected chi connectivity index (χ3v) is 3.80. The molecule has 1 atom stereocenters. The van der Waals surface area contributed by atoms with Crippen LogP contribution in [0.25, 0.3) is 0 Å². The van der Waals surface area contributed by atoms with Crippen molar-refractivity contribution < 1.29 is 4.74 Å². The van der Waals surface area contributed by atoms with Gasteiger partial charge in [0.15, 0.2) is 0 Å². The summed E-state index contributed by atoms with van der Waals surface area (Å²) in [6.45, 7) is 6.66. The van der Waals surface area contributed by atoms with E-state index in [9.17, 15) is 0 Å². The summed E-state index contributed by atoms with van der Waals surface area (Å²) in [4.78, 5) is 0. The zero-order chi connectivity index (χ0) is 12.3. The van der Waals surface area contributed by atoms with Crippen molar-refractivity contribution in [2.45, 2.75) is 39.0 Å². The van der Waals surface area contributed by atoms with E-state index < -0.39 is 0 Å². The maximum absolute atomic E-state index is 5.38. The van der Waals surface area contributed by atoms with Crippen LogP contribution in [0.15, 0.2) is 12.1 Å². The van der Waals surface area contributed by atoms with Crippen molar-refractivity contribution >= 4 is 0 Å². The van der Waals surface area contributed by atoms with E-state index in [-0.39, 0.29) is 0 Å². The van der Waals surface area contributed by atoms with Gasteiger partial charge in [0.05, 0.1) is 7.11 Å². The second-order valence-corrected chi connectivity index (χ2v) is 5.06. The summed E-state index contributed by atoms with van der Waals surface area (Å²) in [6, 6.07) is 4.51. The Balaban J connectivity index is 2.27. The number of methoxy groups -OCH3 is 1. The van der Waals surface area contributed by atoms with E-state index in [0.717, 1.165) is 18.2 Å².